The van der Waals surface area contributed by atoms with E-state index in [0.29, 0.717) is 19.8 Å². The molecule has 2 N–H and O–H groups in total. The standard InChI is InChI=1S/C9H13NO2/c10-6-7-11-12-8-9-4-2-1-3-5-9/h1-5H,6-8,10H2. The Morgan fingerprint density at radius 3 is 2.50 bits per heavy atom. The highest BCUT2D eigenvalue weighted by Gasteiger charge is 1.90. The summed E-state index contributed by atoms with van der Waals surface area (Å²) >= 11 is 0. The molecule has 1 aromatic rings. The van der Waals surface area contributed by atoms with Gasteiger partial charge in [-0.1, -0.05) is 30.3 Å². The molecule has 0 aliphatic carbocycles. The minimum absolute atomic E-state index is 0.437. The molecule has 3 nitrogen and oxygen atoms in total. The zero-order valence-electron chi connectivity index (χ0n) is 6.90. The van der Waals surface area contributed by atoms with Crippen LogP contribution in [0.25, 0.3) is 0 Å². The monoisotopic (exact) mass is 167 g/mol. The number of rotatable bonds is 5. The van der Waals surface area contributed by atoms with Gasteiger partial charge >= 0.3 is 0 Å². The molecule has 0 spiro atoms. The summed E-state index contributed by atoms with van der Waals surface area (Å²) in [6.07, 6.45) is 0. The fraction of sp³-hybridized carbons (Fsp3) is 0.333. The number of hydrogen-bond acceptors (Lipinski definition) is 3. The summed E-state index contributed by atoms with van der Waals surface area (Å²) < 4.78 is 0. The minimum Gasteiger partial charge on any atom is -0.328 e. The lowest BCUT2D eigenvalue weighted by atomic mass is 10.2. The third-order valence-electron chi connectivity index (χ3n) is 1.35. The van der Waals surface area contributed by atoms with Crippen molar-refractivity contribution in [2.45, 2.75) is 6.61 Å². The van der Waals surface area contributed by atoms with E-state index in [-0.39, 0.29) is 0 Å². The van der Waals surface area contributed by atoms with Crippen molar-refractivity contribution in [1.82, 2.24) is 0 Å². The van der Waals surface area contributed by atoms with Crippen molar-refractivity contribution < 1.29 is 9.78 Å². The number of hydrogen-bond donors (Lipinski definition) is 1. The van der Waals surface area contributed by atoms with E-state index in [4.69, 9.17) is 15.5 Å². The molecule has 0 radical (unpaired) electrons. The summed E-state index contributed by atoms with van der Waals surface area (Å²) in [4.78, 5) is 9.64. The van der Waals surface area contributed by atoms with Crippen LogP contribution >= 0.6 is 0 Å². The van der Waals surface area contributed by atoms with Gasteiger partial charge in [0, 0.05) is 6.54 Å². The first-order valence-electron chi connectivity index (χ1n) is 3.92. The van der Waals surface area contributed by atoms with Gasteiger partial charge in [0.2, 0.25) is 0 Å². The molecule has 0 amide bonds. The van der Waals surface area contributed by atoms with Crippen LogP contribution in [-0.4, -0.2) is 13.2 Å². The van der Waals surface area contributed by atoms with Crippen LogP contribution in [0.3, 0.4) is 0 Å². The van der Waals surface area contributed by atoms with E-state index >= 15 is 0 Å². The second kappa shape index (κ2) is 5.71. The average molecular weight is 167 g/mol. The molecule has 0 aromatic heterocycles. The van der Waals surface area contributed by atoms with E-state index in [9.17, 15) is 0 Å². The van der Waals surface area contributed by atoms with Crippen molar-refractivity contribution in [2.24, 2.45) is 5.73 Å². The van der Waals surface area contributed by atoms with E-state index in [0.717, 1.165) is 5.56 Å². The molecule has 0 saturated carbocycles. The average Bonchev–Trinajstić information content (AvgIpc) is 2.14. The van der Waals surface area contributed by atoms with Gasteiger partial charge < -0.3 is 5.73 Å². The molecule has 0 saturated heterocycles. The SMILES string of the molecule is NCCOOCc1ccccc1. The quantitative estimate of drug-likeness (QED) is 0.405. The molecular weight excluding hydrogens is 154 g/mol. The largest absolute Gasteiger partial charge is 0.328 e. The predicted octanol–water partition coefficient (Wildman–Crippen LogP) is 1.09. The van der Waals surface area contributed by atoms with Crippen molar-refractivity contribution in [3.05, 3.63) is 35.9 Å². The Hall–Kier alpha value is -0.900. The second-order valence-electron chi connectivity index (χ2n) is 2.36. The fourth-order valence-corrected chi connectivity index (χ4v) is 0.791. The lowest BCUT2D eigenvalue weighted by molar-refractivity contribution is -0.301. The molecule has 66 valence electrons. The molecule has 0 aliphatic heterocycles. The van der Waals surface area contributed by atoms with E-state index in [1.54, 1.807) is 0 Å². The van der Waals surface area contributed by atoms with Crippen LogP contribution in [0.4, 0.5) is 0 Å². The first-order chi connectivity index (χ1) is 5.93. The van der Waals surface area contributed by atoms with Gasteiger partial charge in [-0.05, 0) is 5.56 Å². The molecule has 0 atom stereocenters. The van der Waals surface area contributed by atoms with Crippen molar-refractivity contribution in [1.29, 1.82) is 0 Å². The fourth-order valence-electron chi connectivity index (χ4n) is 0.791. The Bertz CT molecular complexity index is 201. The molecular formula is C9H13NO2. The maximum atomic E-state index is 5.20. The van der Waals surface area contributed by atoms with Crippen LogP contribution in [-0.2, 0) is 16.4 Å². The van der Waals surface area contributed by atoms with Crippen molar-refractivity contribution in [3.63, 3.8) is 0 Å². The summed E-state index contributed by atoms with van der Waals surface area (Å²) in [6.45, 7) is 1.39. The molecule has 0 bridgehead atoms. The van der Waals surface area contributed by atoms with Gasteiger partial charge in [0.25, 0.3) is 0 Å². The van der Waals surface area contributed by atoms with Gasteiger partial charge in [-0.3, -0.25) is 0 Å². The maximum absolute atomic E-state index is 5.20. The highest BCUT2D eigenvalue weighted by molar-refractivity contribution is 5.13. The van der Waals surface area contributed by atoms with Gasteiger partial charge in [0.05, 0.1) is 6.61 Å². The third-order valence-corrected chi connectivity index (χ3v) is 1.35. The lowest BCUT2D eigenvalue weighted by Gasteiger charge is -2.01. The van der Waals surface area contributed by atoms with E-state index in [1.165, 1.54) is 0 Å². The lowest BCUT2D eigenvalue weighted by Crippen LogP contribution is -2.08. The number of nitrogens with two attached hydrogens (primary N) is 1. The minimum atomic E-state index is 0.437. The normalized spacial score (nSPS) is 10.1. The van der Waals surface area contributed by atoms with Crippen LogP contribution in [0.5, 0.6) is 0 Å². The van der Waals surface area contributed by atoms with Crippen LogP contribution < -0.4 is 5.73 Å². The summed E-state index contributed by atoms with van der Waals surface area (Å²) in [5, 5.41) is 0. The Morgan fingerprint density at radius 1 is 1.08 bits per heavy atom. The Morgan fingerprint density at radius 2 is 1.83 bits per heavy atom. The molecule has 0 fully saturated rings. The van der Waals surface area contributed by atoms with Gasteiger partial charge in [0.15, 0.2) is 0 Å². The molecule has 1 rings (SSSR count). The zero-order valence-corrected chi connectivity index (χ0v) is 6.90. The third kappa shape index (κ3) is 3.48. The van der Waals surface area contributed by atoms with Crippen LogP contribution in [0.15, 0.2) is 30.3 Å². The molecule has 12 heavy (non-hydrogen) atoms. The Balaban J connectivity index is 2.16. The molecule has 0 heterocycles. The molecule has 1 aromatic carbocycles. The van der Waals surface area contributed by atoms with E-state index in [1.807, 2.05) is 30.3 Å². The first kappa shape index (κ1) is 9.19. The molecule has 0 aliphatic rings. The van der Waals surface area contributed by atoms with Crippen molar-refractivity contribution in [2.75, 3.05) is 13.2 Å². The van der Waals surface area contributed by atoms with E-state index in [2.05, 4.69) is 0 Å². The number of benzene rings is 1. The summed E-state index contributed by atoms with van der Waals surface area (Å²) in [6, 6.07) is 9.84. The highest BCUT2D eigenvalue weighted by Crippen LogP contribution is 1.99. The van der Waals surface area contributed by atoms with Crippen LogP contribution in [0, 0.1) is 0 Å². The summed E-state index contributed by atoms with van der Waals surface area (Å²) in [5.74, 6) is 0. The van der Waals surface area contributed by atoms with Gasteiger partial charge in [-0.2, -0.15) is 0 Å². The first-order valence-corrected chi connectivity index (χ1v) is 3.92. The second-order valence-corrected chi connectivity index (χ2v) is 2.36. The Kier molecular flexibility index (Phi) is 4.37. The Labute approximate surface area is 72.0 Å². The van der Waals surface area contributed by atoms with E-state index < -0.39 is 0 Å². The van der Waals surface area contributed by atoms with Crippen LogP contribution in [0.1, 0.15) is 5.56 Å². The highest BCUT2D eigenvalue weighted by atomic mass is 17.2. The predicted molar refractivity (Wildman–Crippen MR) is 46.2 cm³/mol. The zero-order chi connectivity index (χ0) is 8.65. The maximum Gasteiger partial charge on any atom is 0.107 e. The van der Waals surface area contributed by atoms with Gasteiger partial charge in [-0.25, -0.2) is 9.78 Å². The summed E-state index contributed by atoms with van der Waals surface area (Å²) in [7, 11) is 0. The van der Waals surface area contributed by atoms with Gasteiger partial charge in [0.1, 0.15) is 6.61 Å². The molecule has 3 heteroatoms. The molecule has 0 unspecified atom stereocenters. The van der Waals surface area contributed by atoms with Gasteiger partial charge in [-0.15, -0.1) is 0 Å². The van der Waals surface area contributed by atoms with Crippen LogP contribution in [0.2, 0.25) is 0 Å². The summed E-state index contributed by atoms with van der Waals surface area (Å²) in [5.41, 5.74) is 6.30. The van der Waals surface area contributed by atoms with Crippen molar-refractivity contribution >= 4 is 0 Å². The topological polar surface area (TPSA) is 44.5 Å². The smallest absolute Gasteiger partial charge is 0.107 e. The van der Waals surface area contributed by atoms with Crippen molar-refractivity contribution in [3.8, 4) is 0 Å².